The fraction of sp³-hybridized carbons (Fsp3) is 0.222. The minimum Gasteiger partial charge on any atom is -0.376 e. The number of hydrogen-bond donors (Lipinski definition) is 1. The quantitative estimate of drug-likeness (QED) is 0.856. The first-order valence-electron chi connectivity index (χ1n) is 4.47. The van der Waals surface area contributed by atoms with Crippen LogP contribution in [0.4, 0.5) is 5.69 Å². The third kappa shape index (κ3) is 2.44. The molecule has 1 heterocycles. The van der Waals surface area contributed by atoms with Crippen molar-refractivity contribution in [2.45, 2.75) is 6.54 Å². The minimum absolute atomic E-state index is 0.511. The van der Waals surface area contributed by atoms with Crippen LogP contribution in [-0.4, -0.2) is 20.2 Å². The van der Waals surface area contributed by atoms with Gasteiger partial charge in [-0.1, -0.05) is 23.7 Å². The largest absolute Gasteiger partial charge is 0.376 e. The van der Waals surface area contributed by atoms with Gasteiger partial charge in [0, 0.05) is 0 Å². The highest BCUT2D eigenvalue weighted by molar-refractivity contribution is 6.33. The van der Waals surface area contributed by atoms with Crippen LogP contribution in [0.3, 0.4) is 0 Å². The molecule has 0 spiro atoms. The maximum atomic E-state index is 5.97. The topological polar surface area (TPSA) is 55.6 Å². The Kier molecular flexibility index (Phi) is 2.82. The van der Waals surface area contributed by atoms with Crippen LogP contribution < -0.4 is 5.32 Å². The van der Waals surface area contributed by atoms with Crippen molar-refractivity contribution < 1.29 is 0 Å². The molecule has 1 aromatic heterocycles. The van der Waals surface area contributed by atoms with Crippen LogP contribution in [0, 0.1) is 0 Å². The molecule has 0 amide bonds. The van der Waals surface area contributed by atoms with Crippen LogP contribution in [0.2, 0.25) is 5.02 Å². The van der Waals surface area contributed by atoms with Crippen LogP contribution in [-0.2, 0) is 13.6 Å². The fourth-order valence-electron chi connectivity index (χ4n) is 1.17. The zero-order valence-corrected chi connectivity index (χ0v) is 8.94. The molecule has 0 atom stereocenters. The zero-order chi connectivity index (χ0) is 10.7. The highest BCUT2D eigenvalue weighted by Gasteiger charge is 2.01. The van der Waals surface area contributed by atoms with Crippen molar-refractivity contribution in [2.24, 2.45) is 7.05 Å². The van der Waals surface area contributed by atoms with Crippen LogP contribution in [0.5, 0.6) is 0 Å². The van der Waals surface area contributed by atoms with E-state index in [1.54, 1.807) is 7.05 Å². The molecule has 0 saturated carbocycles. The average molecular weight is 224 g/mol. The van der Waals surface area contributed by atoms with Crippen LogP contribution in [0.15, 0.2) is 24.3 Å². The number of nitrogens with zero attached hydrogens (tertiary/aromatic N) is 4. The van der Waals surface area contributed by atoms with Crippen molar-refractivity contribution in [3.05, 3.63) is 35.1 Å². The maximum Gasteiger partial charge on any atom is 0.193 e. The zero-order valence-electron chi connectivity index (χ0n) is 8.18. The van der Waals surface area contributed by atoms with E-state index < -0.39 is 0 Å². The second kappa shape index (κ2) is 4.27. The van der Waals surface area contributed by atoms with Gasteiger partial charge in [0.15, 0.2) is 5.82 Å². The van der Waals surface area contributed by atoms with Gasteiger partial charge in [0.05, 0.1) is 24.3 Å². The lowest BCUT2D eigenvalue weighted by Crippen LogP contribution is -2.02. The Balaban J connectivity index is 2.02. The maximum absolute atomic E-state index is 5.97. The Bertz CT molecular complexity index is 453. The lowest BCUT2D eigenvalue weighted by molar-refractivity contribution is 0.628. The summed E-state index contributed by atoms with van der Waals surface area (Å²) in [5, 5.41) is 15.4. The summed E-state index contributed by atoms with van der Waals surface area (Å²) in [6, 6.07) is 7.53. The van der Waals surface area contributed by atoms with Crippen molar-refractivity contribution in [1.29, 1.82) is 0 Å². The molecular formula is C9H10ClN5. The highest BCUT2D eigenvalue weighted by atomic mass is 35.5. The van der Waals surface area contributed by atoms with E-state index in [2.05, 4.69) is 20.7 Å². The summed E-state index contributed by atoms with van der Waals surface area (Å²) >= 11 is 5.97. The van der Waals surface area contributed by atoms with Gasteiger partial charge in [-0.05, 0) is 17.3 Å². The summed E-state index contributed by atoms with van der Waals surface area (Å²) in [4.78, 5) is 1.42. The molecule has 1 aromatic carbocycles. The van der Waals surface area contributed by atoms with Gasteiger partial charge >= 0.3 is 0 Å². The average Bonchev–Trinajstić information content (AvgIpc) is 2.63. The highest BCUT2D eigenvalue weighted by Crippen LogP contribution is 2.20. The number of rotatable bonds is 3. The number of anilines is 1. The summed E-state index contributed by atoms with van der Waals surface area (Å²) in [6.07, 6.45) is 0. The number of nitrogens with one attached hydrogen (secondary N) is 1. The summed E-state index contributed by atoms with van der Waals surface area (Å²) in [6.45, 7) is 0.511. The molecule has 0 saturated heterocycles. The Morgan fingerprint density at radius 1 is 1.40 bits per heavy atom. The molecule has 5 nitrogen and oxygen atoms in total. The van der Waals surface area contributed by atoms with Crippen molar-refractivity contribution >= 4 is 17.3 Å². The molecule has 0 radical (unpaired) electrons. The van der Waals surface area contributed by atoms with Crippen LogP contribution in [0.1, 0.15) is 5.82 Å². The molecule has 78 valence electrons. The van der Waals surface area contributed by atoms with E-state index in [4.69, 9.17) is 11.6 Å². The smallest absolute Gasteiger partial charge is 0.193 e. The summed E-state index contributed by atoms with van der Waals surface area (Å²) in [5.41, 5.74) is 0.867. The normalized spacial score (nSPS) is 10.3. The van der Waals surface area contributed by atoms with E-state index in [9.17, 15) is 0 Å². The number of benzene rings is 1. The fourth-order valence-corrected chi connectivity index (χ4v) is 1.38. The molecule has 0 bridgehead atoms. The molecule has 15 heavy (non-hydrogen) atoms. The predicted molar refractivity (Wildman–Crippen MR) is 57.6 cm³/mol. The minimum atomic E-state index is 0.511. The van der Waals surface area contributed by atoms with Crippen LogP contribution >= 0.6 is 11.6 Å². The van der Waals surface area contributed by atoms with Crippen molar-refractivity contribution in [2.75, 3.05) is 5.32 Å². The van der Waals surface area contributed by atoms with E-state index >= 15 is 0 Å². The molecule has 1 N–H and O–H groups in total. The van der Waals surface area contributed by atoms with Gasteiger partial charge in [-0.25, -0.2) is 0 Å². The monoisotopic (exact) mass is 223 g/mol. The first-order chi connectivity index (χ1) is 7.25. The van der Waals surface area contributed by atoms with Crippen molar-refractivity contribution in [1.82, 2.24) is 20.2 Å². The number of tetrazole rings is 1. The molecule has 0 aliphatic heterocycles. The SMILES string of the molecule is Cn1nnc(CNc2ccccc2Cl)n1. The second-order valence-electron chi connectivity index (χ2n) is 3.03. The summed E-state index contributed by atoms with van der Waals surface area (Å²) in [7, 11) is 1.73. The van der Waals surface area contributed by atoms with Gasteiger partial charge in [0.2, 0.25) is 0 Å². The van der Waals surface area contributed by atoms with E-state index in [1.165, 1.54) is 4.80 Å². The molecule has 2 rings (SSSR count). The molecule has 0 fully saturated rings. The second-order valence-corrected chi connectivity index (χ2v) is 3.44. The van der Waals surface area contributed by atoms with E-state index in [0.717, 1.165) is 5.69 Å². The molecule has 0 unspecified atom stereocenters. The van der Waals surface area contributed by atoms with Gasteiger partial charge in [0.25, 0.3) is 0 Å². The van der Waals surface area contributed by atoms with Crippen molar-refractivity contribution in [3.63, 3.8) is 0 Å². The number of para-hydroxylation sites is 1. The summed E-state index contributed by atoms with van der Waals surface area (Å²) < 4.78 is 0. The third-order valence-electron chi connectivity index (χ3n) is 1.86. The molecule has 6 heteroatoms. The molecular weight excluding hydrogens is 214 g/mol. The lowest BCUT2D eigenvalue weighted by atomic mass is 10.3. The lowest BCUT2D eigenvalue weighted by Gasteiger charge is -2.04. The van der Waals surface area contributed by atoms with Gasteiger partial charge in [0.1, 0.15) is 0 Å². The van der Waals surface area contributed by atoms with Gasteiger partial charge < -0.3 is 5.32 Å². The van der Waals surface area contributed by atoms with Gasteiger partial charge in [-0.2, -0.15) is 4.80 Å². The Labute approximate surface area is 92.1 Å². The van der Waals surface area contributed by atoms with Gasteiger partial charge in [-0.15, -0.1) is 10.2 Å². The molecule has 0 aliphatic rings. The van der Waals surface area contributed by atoms with Crippen LogP contribution in [0.25, 0.3) is 0 Å². The number of halogens is 1. The van der Waals surface area contributed by atoms with E-state index in [-0.39, 0.29) is 0 Å². The van der Waals surface area contributed by atoms with Gasteiger partial charge in [-0.3, -0.25) is 0 Å². The first kappa shape index (κ1) is 9.92. The van der Waals surface area contributed by atoms with Crippen molar-refractivity contribution in [3.8, 4) is 0 Å². The van der Waals surface area contributed by atoms with E-state index in [1.807, 2.05) is 24.3 Å². The number of aromatic nitrogens is 4. The van der Waals surface area contributed by atoms with E-state index in [0.29, 0.717) is 17.4 Å². The molecule has 0 aliphatic carbocycles. The predicted octanol–water partition coefficient (Wildman–Crippen LogP) is 1.48. The Morgan fingerprint density at radius 3 is 2.87 bits per heavy atom. The Morgan fingerprint density at radius 2 is 2.20 bits per heavy atom. The first-order valence-corrected chi connectivity index (χ1v) is 4.85. The Hall–Kier alpha value is -1.62. The number of aryl methyl sites for hydroxylation is 1. The standard InChI is InChI=1S/C9H10ClN5/c1-15-13-9(12-14-15)6-11-8-5-3-2-4-7(8)10/h2-5,11H,6H2,1H3. The third-order valence-corrected chi connectivity index (χ3v) is 2.19. The number of hydrogen-bond acceptors (Lipinski definition) is 4. The molecule has 2 aromatic rings. The summed E-state index contributed by atoms with van der Waals surface area (Å²) in [5.74, 6) is 0.636.